The predicted octanol–water partition coefficient (Wildman–Crippen LogP) is 2.46. The van der Waals surface area contributed by atoms with E-state index in [1.165, 1.54) is 0 Å². The molecule has 2 aromatic rings. The highest BCUT2D eigenvalue weighted by Gasteiger charge is 2.18. The molecule has 1 heterocycles. The molecular formula is C20H24N2O5. The van der Waals surface area contributed by atoms with Gasteiger partial charge in [-0.1, -0.05) is 18.2 Å². The molecule has 1 amide bonds. The summed E-state index contributed by atoms with van der Waals surface area (Å²) in [4.78, 5) is 18.0. The lowest BCUT2D eigenvalue weighted by atomic mass is 10.2. The number of ether oxygens (including phenoxy) is 2. The number of hydrogen-bond donors (Lipinski definition) is 2. The fourth-order valence-electron chi connectivity index (χ4n) is 2.85. The van der Waals surface area contributed by atoms with Gasteiger partial charge in [0.05, 0.1) is 26.4 Å². The van der Waals surface area contributed by atoms with E-state index in [-0.39, 0.29) is 5.91 Å². The molecule has 7 nitrogen and oxygen atoms in total. The zero-order chi connectivity index (χ0) is 18.9. The van der Waals surface area contributed by atoms with Crippen molar-refractivity contribution in [3.8, 4) is 11.5 Å². The number of rotatable bonds is 9. The maximum absolute atomic E-state index is 11.9. The Hall–Kier alpha value is -2.61. The molecule has 0 saturated carbocycles. The molecule has 1 saturated heterocycles. The summed E-state index contributed by atoms with van der Waals surface area (Å²) < 4.78 is 11.3. The second-order valence-electron chi connectivity index (χ2n) is 6.17. The normalized spacial score (nSPS) is 14.3. The summed E-state index contributed by atoms with van der Waals surface area (Å²) >= 11 is 0. The number of carbonyl (C=O) groups excluding carboxylic acids is 1. The Labute approximate surface area is 158 Å². The Morgan fingerprint density at radius 2 is 1.89 bits per heavy atom. The van der Waals surface area contributed by atoms with Gasteiger partial charge in [0.25, 0.3) is 0 Å². The first kappa shape index (κ1) is 19.2. The van der Waals surface area contributed by atoms with Crippen molar-refractivity contribution in [3.63, 3.8) is 0 Å². The highest BCUT2D eigenvalue weighted by molar-refractivity contribution is 5.95. The molecule has 1 aliphatic heterocycles. The van der Waals surface area contributed by atoms with E-state index in [9.17, 15) is 4.79 Å². The molecule has 0 radical (unpaired) electrons. The van der Waals surface area contributed by atoms with Crippen LogP contribution in [0, 0.1) is 0 Å². The highest BCUT2D eigenvalue weighted by Crippen LogP contribution is 2.21. The highest BCUT2D eigenvalue weighted by atomic mass is 17.1. The van der Waals surface area contributed by atoms with Gasteiger partial charge in [0.2, 0.25) is 5.91 Å². The van der Waals surface area contributed by atoms with Crippen LogP contribution in [0.25, 0.3) is 0 Å². The van der Waals surface area contributed by atoms with Crippen LogP contribution in [0.3, 0.4) is 0 Å². The second-order valence-corrected chi connectivity index (χ2v) is 6.17. The first-order valence-corrected chi connectivity index (χ1v) is 8.99. The summed E-state index contributed by atoms with van der Waals surface area (Å²) in [6.07, 6.45) is 0.736. The van der Waals surface area contributed by atoms with Gasteiger partial charge in [-0.2, -0.15) is 0 Å². The van der Waals surface area contributed by atoms with Crippen molar-refractivity contribution >= 4 is 11.6 Å². The summed E-state index contributed by atoms with van der Waals surface area (Å²) in [5.41, 5.74) is 1.68. The average Bonchev–Trinajstić information content (AvgIpc) is 2.72. The third-order valence-electron chi connectivity index (χ3n) is 4.27. The van der Waals surface area contributed by atoms with Crippen LogP contribution in [0.2, 0.25) is 0 Å². The fourth-order valence-corrected chi connectivity index (χ4v) is 2.85. The van der Waals surface area contributed by atoms with Gasteiger partial charge in [0.15, 0.2) is 5.75 Å². The van der Waals surface area contributed by atoms with Crippen LogP contribution >= 0.6 is 0 Å². The largest absolute Gasteiger partial charge is 0.494 e. The molecule has 3 rings (SSSR count). The maximum atomic E-state index is 11.9. The van der Waals surface area contributed by atoms with E-state index < -0.39 is 0 Å². The Kier molecular flexibility index (Phi) is 7.04. The molecule has 0 unspecified atom stereocenters. The summed E-state index contributed by atoms with van der Waals surface area (Å²) in [6, 6.07) is 14.7. The molecule has 27 heavy (non-hydrogen) atoms. The van der Waals surface area contributed by atoms with Crippen molar-refractivity contribution < 1.29 is 24.4 Å². The predicted molar refractivity (Wildman–Crippen MR) is 101 cm³/mol. The number of nitrogens with zero attached hydrogens (tertiary/aromatic N) is 1. The number of nitrogens with one attached hydrogen (secondary N) is 1. The van der Waals surface area contributed by atoms with Crippen molar-refractivity contribution in [2.45, 2.75) is 13.0 Å². The molecule has 0 atom stereocenters. The molecular weight excluding hydrogens is 348 g/mol. The van der Waals surface area contributed by atoms with Crippen LogP contribution in [0.5, 0.6) is 11.5 Å². The Morgan fingerprint density at radius 1 is 1.07 bits per heavy atom. The quantitative estimate of drug-likeness (QED) is 0.400. The lowest BCUT2D eigenvalue weighted by molar-refractivity contribution is -0.139. The summed E-state index contributed by atoms with van der Waals surface area (Å²) in [7, 11) is 0. The zero-order valence-electron chi connectivity index (χ0n) is 15.1. The second kappa shape index (κ2) is 9.91. The van der Waals surface area contributed by atoms with E-state index in [1.54, 1.807) is 17.0 Å². The topological polar surface area (TPSA) is 80.3 Å². The monoisotopic (exact) mass is 372 g/mol. The number of anilines is 1. The van der Waals surface area contributed by atoms with Crippen LogP contribution in [-0.4, -0.2) is 44.0 Å². The molecule has 0 spiro atoms. The first-order valence-electron chi connectivity index (χ1n) is 8.99. The molecule has 0 aromatic heterocycles. The van der Waals surface area contributed by atoms with Gasteiger partial charge in [-0.3, -0.25) is 4.79 Å². The number of carbonyl (C=O) groups is 1. The molecule has 2 aromatic carbocycles. The Balaban J connectivity index is 1.36. The lowest BCUT2D eigenvalue weighted by Crippen LogP contribution is -2.48. The van der Waals surface area contributed by atoms with Crippen LogP contribution in [0.4, 0.5) is 5.69 Å². The molecule has 2 N–H and O–H groups in total. The van der Waals surface area contributed by atoms with Crippen LogP contribution in [-0.2, 0) is 16.1 Å². The number of para-hydroxylation sites is 1. The zero-order valence-corrected chi connectivity index (χ0v) is 15.1. The molecule has 7 heteroatoms. The summed E-state index contributed by atoms with van der Waals surface area (Å²) in [5, 5.41) is 11.9. The number of benzene rings is 2. The molecule has 0 aliphatic carbocycles. The fraction of sp³-hybridized carbons (Fsp3) is 0.350. The summed E-state index contributed by atoms with van der Waals surface area (Å²) in [6.45, 7) is 3.30. The van der Waals surface area contributed by atoms with E-state index in [1.807, 2.05) is 36.4 Å². The molecule has 1 fully saturated rings. The minimum Gasteiger partial charge on any atom is -0.494 e. The van der Waals surface area contributed by atoms with E-state index in [2.05, 4.69) is 10.2 Å². The van der Waals surface area contributed by atoms with Gasteiger partial charge in [0, 0.05) is 30.8 Å². The van der Waals surface area contributed by atoms with E-state index >= 15 is 0 Å². The smallest absolute Gasteiger partial charge is 0.240 e. The molecule has 0 bridgehead atoms. The molecule has 144 valence electrons. The van der Waals surface area contributed by atoms with Gasteiger partial charge in [-0.15, -0.1) is 0 Å². The first-order chi connectivity index (χ1) is 13.3. The van der Waals surface area contributed by atoms with Crippen molar-refractivity contribution in [3.05, 3.63) is 54.1 Å². The maximum Gasteiger partial charge on any atom is 0.240 e. The van der Waals surface area contributed by atoms with Gasteiger partial charge < -0.3 is 24.6 Å². The van der Waals surface area contributed by atoms with Crippen molar-refractivity contribution in [1.82, 2.24) is 5.32 Å². The van der Waals surface area contributed by atoms with E-state index in [0.29, 0.717) is 38.7 Å². The average molecular weight is 372 g/mol. The minimum absolute atomic E-state index is 0.0836. The Morgan fingerprint density at radius 3 is 2.67 bits per heavy atom. The SMILES string of the molecule is O=C1CNCCN1c1ccc(OCCCOCc2ccccc2OO)cc1. The number of amides is 1. The van der Waals surface area contributed by atoms with Gasteiger partial charge >= 0.3 is 0 Å². The van der Waals surface area contributed by atoms with E-state index in [4.69, 9.17) is 14.7 Å². The van der Waals surface area contributed by atoms with Gasteiger partial charge in [0.1, 0.15) is 5.75 Å². The molecule has 1 aliphatic rings. The van der Waals surface area contributed by atoms with Crippen LogP contribution < -0.4 is 19.8 Å². The van der Waals surface area contributed by atoms with E-state index in [0.717, 1.165) is 30.0 Å². The van der Waals surface area contributed by atoms with Crippen LogP contribution in [0.15, 0.2) is 48.5 Å². The lowest BCUT2D eigenvalue weighted by Gasteiger charge is -2.27. The minimum atomic E-state index is 0.0836. The third-order valence-corrected chi connectivity index (χ3v) is 4.27. The number of hydrogen-bond acceptors (Lipinski definition) is 6. The van der Waals surface area contributed by atoms with Gasteiger partial charge in [-0.05, 0) is 30.3 Å². The van der Waals surface area contributed by atoms with Crippen molar-refractivity contribution in [2.24, 2.45) is 0 Å². The van der Waals surface area contributed by atoms with Crippen molar-refractivity contribution in [1.29, 1.82) is 0 Å². The third kappa shape index (κ3) is 5.43. The summed E-state index contributed by atoms with van der Waals surface area (Å²) in [5.74, 6) is 1.25. The van der Waals surface area contributed by atoms with Gasteiger partial charge in [-0.25, -0.2) is 5.26 Å². The van der Waals surface area contributed by atoms with Crippen LogP contribution in [0.1, 0.15) is 12.0 Å². The standard InChI is InChI=1S/C20H24N2O5/c23-20-14-21-10-11-22(20)17-6-8-18(9-7-17)26-13-3-12-25-15-16-4-1-2-5-19(16)27-24/h1-2,4-9,21,24H,3,10-15H2. The number of piperazine rings is 1. The Bertz CT molecular complexity index is 735. The van der Waals surface area contributed by atoms with Crippen molar-refractivity contribution in [2.75, 3.05) is 37.7 Å².